The van der Waals surface area contributed by atoms with Gasteiger partial charge >= 0.3 is 0 Å². The maximum absolute atomic E-state index is 12.4. The van der Waals surface area contributed by atoms with Crippen molar-refractivity contribution in [2.24, 2.45) is 0 Å². The zero-order chi connectivity index (χ0) is 18.4. The number of carbonyl (C=O) groups is 2. The number of anilines is 1. The number of rotatable bonds is 7. The molecule has 26 heavy (non-hydrogen) atoms. The molecule has 2 heterocycles. The topological polar surface area (TPSA) is 65.8 Å². The summed E-state index contributed by atoms with van der Waals surface area (Å²) in [4.78, 5) is 28.8. The molecule has 6 heteroatoms. The number of benzene rings is 1. The number of nitrogens with one attached hydrogen (secondary N) is 1. The van der Waals surface area contributed by atoms with Crippen molar-refractivity contribution < 1.29 is 14.0 Å². The van der Waals surface area contributed by atoms with Crippen molar-refractivity contribution in [2.45, 2.75) is 12.8 Å². The third kappa shape index (κ3) is 5.28. The van der Waals surface area contributed by atoms with Gasteiger partial charge in [-0.1, -0.05) is 0 Å². The van der Waals surface area contributed by atoms with E-state index >= 15 is 0 Å². The van der Waals surface area contributed by atoms with Gasteiger partial charge in [-0.25, -0.2) is 0 Å². The van der Waals surface area contributed by atoms with Crippen LogP contribution in [0.2, 0.25) is 0 Å². The molecule has 0 aliphatic carbocycles. The minimum Gasteiger partial charge on any atom is -0.469 e. The molecule has 0 atom stereocenters. The summed E-state index contributed by atoms with van der Waals surface area (Å²) in [6, 6.07) is 10.8. The fourth-order valence-electron chi connectivity index (χ4n) is 2.95. The van der Waals surface area contributed by atoms with E-state index in [9.17, 15) is 9.59 Å². The van der Waals surface area contributed by atoms with Crippen LogP contribution in [0.3, 0.4) is 0 Å². The summed E-state index contributed by atoms with van der Waals surface area (Å²) in [5.41, 5.74) is 1.38. The first kappa shape index (κ1) is 18.4. The quantitative estimate of drug-likeness (QED) is 0.772. The van der Waals surface area contributed by atoms with Crippen molar-refractivity contribution in [3.63, 3.8) is 0 Å². The van der Waals surface area contributed by atoms with Gasteiger partial charge in [0, 0.05) is 50.3 Å². The van der Waals surface area contributed by atoms with Crippen molar-refractivity contribution in [1.82, 2.24) is 9.80 Å². The number of hydrogen-bond acceptors (Lipinski definition) is 5. The zero-order valence-corrected chi connectivity index (χ0v) is 15.1. The number of likely N-dealkylation sites (N-methyl/N-ethyl adjacent to an activating group) is 1. The lowest BCUT2D eigenvalue weighted by molar-refractivity contribution is -0.116. The second-order valence-corrected chi connectivity index (χ2v) is 6.71. The van der Waals surface area contributed by atoms with E-state index in [1.165, 1.54) is 0 Å². The normalized spacial score (nSPS) is 15.7. The Morgan fingerprint density at radius 3 is 2.46 bits per heavy atom. The lowest BCUT2D eigenvalue weighted by atomic mass is 10.1. The lowest BCUT2D eigenvalue weighted by Gasteiger charge is -2.31. The maximum Gasteiger partial charge on any atom is 0.224 e. The highest BCUT2D eigenvalue weighted by atomic mass is 16.3. The molecule has 0 radical (unpaired) electrons. The largest absolute Gasteiger partial charge is 0.469 e. The van der Waals surface area contributed by atoms with E-state index < -0.39 is 0 Å². The van der Waals surface area contributed by atoms with Gasteiger partial charge in [0.1, 0.15) is 5.76 Å². The molecule has 2 aromatic rings. The lowest BCUT2D eigenvalue weighted by Crippen LogP contribution is -2.46. The van der Waals surface area contributed by atoms with E-state index in [0.717, 1.165) is 31.9 Å². The van der Waals surface area contributed by atoms with Crippen LogP contribution in [0.25, 0.3) is 0 Å². The summed E-state index contributed by atoms with van der Waals surface area (Å²) in [6.45, 7) is 4.29. The first-order valence-corrected chi connectivity index (χ1v) is 8.96. The van der Waals surface area contributed by atoms with E-state index in [1.54, 1.807) is 30.5 Å². The maximum atomic E-state index is 12.4. The molecule has 1 aromatic heterocycles. The van der Waals surface area contributed by atoms with Crippen LogP contribution in [0.1, 0.15) is 22.5 Å². The predicted octanol–water partition coefficient (Wildman–Crippen LogP) is 2.28. The molecule has 1 N–H and O–H groups in total. The average Bonchev–Trinajstić information content (AvgIpc) is 3.16. The molecule has 0 saturated carbocycles. The van der Waals surface area contributed by atoms with Gasteiger partial charge in [-0.15, -0.1) is 0 Å². The van der Waals surface area contributed by atoms with E-state index in [4.69, 9.17) is 4.42 Å². The number of amides is 1. The molecule has 1 aliphatic heterocycles. The Labute approximate surface area is 153 Å². The highest BCUT2D eigenvalue weighted by molar-refractivity contribution is 5.98. The standard InChI is InChI=1S/C20H25N3O3/c1-22-10-12-23(13-11-22)15-19(24)16-4-6-17(7-5-16)21-20(25)9-8-18-3-2-14-26-18/h2-7,14H,8-13,15H2,1H3,(H,21,25). The van der Waals surface area contributed by atoms with Gasteiger partial charge in [-0.2, -0.15) is 0 Å². The number of furan rings is 1. The molecule has 0 bridgehead atoms. The zero-order valence-electron chi connectivity index (χ0n) is 15.1. The second kappa shape index (κ2) is 8.78. The highest BCUT2D eigenvalue weighted by Gasteiger charge is 2.17. The molecule has 0 unspecified atom stereocenters. The van der Waals surface area contributed by atoms with Crippen LogP contribution >= 0.6 is 0 Å². The minimum absolute atomic E-state index is 0.0714. The molecular formula is C20H25N3O3. The molecular weight excluding hydrogens is 330 g/mol. The van der Waals surface area contributed by atoms with Crippen molar-refractivity contribution >= 4 is 17.4 Å². The van der Waals surface area contributed by atoms with Gasteiger partial charge in [-0.05, 0) is 43.4 Å². The van der Waals surface area contributed by atoms with Crippen LogP contribution in [0.4, 0.5) is 5.69 Å². The van der Waals surface area contributed by atoms with Gasteiger partial charge in [0.15, 0.2) is 5.78 Å². The molecule has 1 aliphatic rings. The van der Waals surface area contributed by atoms with Gasteiger partial charge < -0.3 is 14.6 Å². The Morgan fingerprint density at radius 2 is 1.81 bits per heavy atom. The number of piperazine rings is 1. The molecule has 3 rings (SSSR count). The van der Waals surface area contributed by atoms with E-state index in [2.05, 4.69) is 22.2 Å². The van der Waals surface area contributed by atoms with E-state index in [1.807, 2.05) is 12.1 Å². The van der Waals surface area contributed by atoms with E-state index in [-0.39, 0.29) is 11.7 Å². The van der Waals surface area contributed by atoms with Crippen molar-refractivity contribution in [1.29, 1.82) is 0 Å². The first-order chi connectivity index (χ1) is 12.6. The Bertz CT molecular complexity index is 717. The van der Waals surface area contributed by atoms with Crippen LogP contribution in [0, 0.1) is 0 Å². The number of carbonyl (C=O) groups excluding carboxylic acids is 2. The van der Waals surface area contributed by atoms with Gasteiger partial charge in [0.2, 0.25) is 5.91 Å². The molecule has 1 saturated heterocycles. The fourth-order valence-corrected chi connectivity index (χ4v) is 2.95. The van der Waals surface area contributed by atoms with Crippen molar-refractivity contribution in [3.8, 4) is 0 Å². The summed E-state index contributed by atoms with van der Waals surface area (Å²) in [5, 5.41) is 2.85. The summed E-state index contributed by atoms with van der Waals surface area (Å²) in [5.74, 6) is 0.841. The van der Waals surface area contributed by atoms with Gasteiger partial charge in [0.05, 0.1) is 12.8 Å². The van der Waals surface area contributed by atoms with Crippen LogP contribution in [0.15, 0.2) is 47.1 Å². The Morgan fingerprint density at radius 1 is 1.08 bits per heavy atom. The number of aryl methyl sites for hydroxylation is 1. The Balaban J connectivity index is 1.46. The van der Waals surface area contributed by atoms with Crippen LogP contribution in [-0.2, 0) is 11.2 Å². The number of nitrogens with zero attached hydrogens (tertiary/aromatic N) is 2. The number of hydrogen-bond donors (Lipinski definition) is 1. The smallest absolute Gasteiger partial charge is 0.224 e. The number of Topliss-reactive ketones (excluding diaryl/α,β-unsaturated/α-hetero) is 1. The second-order valence-electron chi connectivity index (χ2n) is 6.71. The third-order valence-electron chi connectivity index (χ3n) is 4.63. The van der Waals surface area contributed by atoms with Gasteiger partial charge in [0.25, 0.3) is 0 Å². The summed E-state index contributed by atoms with van der Waals surface area (Å²) in [6.07, 6.45) is 2.53. The van der Waals surface area contributed by atoms with Gasteiger partial charge in [-0.3, -0.25) is 14.5 Å². The average molecular weight is 355 g/mol. The van der Waals surface area contributed by atoms with Crippen LogP contribution in [0.5, 0.6) is 0 Å². The Kier molecular flexibility index (Phi) is 6.20. The minimum atomic E-state index is -0.0714. The molecule has 6 nitrogen and oxygen atoms in total. The Hall–Kier alpha value is -2.44. The van der Waals surface area contributed by atoms with E-state index in [0.29, 0.717) is 30.6 Å². The highest BCUT2D eigenvalue weighted by Crippen LogP contribution is 2.12. The van der Waals surface area contributed by atoms with Crippen LogP contribution < -0.4 is 5.32 Å². The van der Waals surface area contributed by atoms with Crippen molar-refractivity contribution in [2.75, 3.05) is 45.1 Å². The first-order valence-electron chi connectivity index (χ1n) is 8.96. The monoisotopic (exact) mass is 355 g/mol. The molecule has 0 spiro atoms. The summed E-state index contributed by atoms with van der Waals surface area (Å²) < 4.78 is 5.22. The fraction of sp³-hybridized carbons (Fsp3) is 0.400. The third-order valence-corrected chi connectivity index (χ3v) is 4.63. The number of ketones is 1. The molecule has 138 valence electrons. The van der Waals surface area contributed by atoms with Crippen molar-refractivity contribution in [3.05, 3.63) is 54.0 Å². The van der Waals surface area contributed by atoms with Crippen LogP contribution in [-0.4, -0.2) is 61.3 Å². The SMILES string of the molecule is CN1CCN(CC(=O)c2ccc(NC(=O)CCc3ccco3)cc2)CC1. The summed E-state index contributed by atoms with van der Waals surface area (Å²) in [7, 11) is 2.10. The molecule has 1 amide bonds. The molecule has 1 fully saturated rings. The predicted molar refractivity (Wildman–Crippen MR) is 100 cm³/mol. The molecule has 1 aromatic carbocycles. The summed E-state index contributed by atoms with van der Waals surface area (Å²) >= 11 is 0.